The second-order valence-electron chi connectivity index (χ2n) is 6.69. The molecule has 0 saturated carbocycles. The highest BCUT2D eigenvalue weighted by Gasteiger charge is 2.28. The van der Waals surface area contributed by atoms with Crippen molar-refractivity contribution in [1.29, 1.82) is 0 Å². The van der Waals surface area contributed by atoms with E-state index in [0.29, 0.717) is 24.4 Å². The molecule has 0 saturated heterocycles. The summed E-state index contributed by atoms with van der Waals surface area (Å²) >= 11 is 0. The minimum absolute atomic E-state index is 0.0125. The molecule has 0 bridgehead atoms. The Bertz CT molecular complexity index is 920. The van der Waals surface area contributed by atoms with Gasteiger partial charge >= 0.3 is 0 Å². The molecule has 7 nitrogen and oxygen atoms in total. The minimum atomic E-state index is -1.18. The van der Waals surface area contributed by atoms with Crippen molar-refractivity contribution in [2.24, 2.45) is 0 Å². The summed E-state index contributed by atoms with van der Waals surface area (Å²) in [4.78, 5) is 4.28. The lowest BCUT2D eigenvalue weighted by Crippen LogP contribution is -2.22. The predicted octanol–water partition coefficient (Wildman–Crippen LogP) is 2.93. The fourth-order valence-electron chi connectivity index (χ4n) is 3.06. The molecule has 28 heavy (non-hydrogen) atoms. The van der Waals surface area contributed by atoms with Gasteiger partial charge in [0, 0.05) is 12.8 Å². The molecule has 0 spiro atoms. The van der Waals surface area contributed by atoms with Gasteiger partial charge in [-0.1, -0.05) is 0 Å². The SMILES string of the molecule is COc1ccc(-n2nc(C(C)(O)CCCO)cc2-c2cccnc2OC)cc1. The van der Waals surface area contributed by atoms with Crippen LogP contribution in [-0.2, 0) is 5.60 Å². The van der Waals surface area contributed by atoms with E-state index < -0.39 is 5.60 Å². The van der Waals surface area contributed by atoms with Crippen LogP contribution < -0.4 is 9.47 Å². The molecule has 148 valence electrons. The molecule has 0 radical (unpaired) electrons. The van der Waals surface area contributed by atoms with E-state index in [1.807, 2.05) is 42.5 Å². The average molecular weight is 383 g/mol. The van der Waals surface area contributed by atoms with Crippen molar-refractivity contribution in [3.8, 4) is 28.6 Å². The van der Waals surface area contributed by atoms with E-state index in [0.717, 1.165) is 22.7 Å². The Kier molecular flexibility index (Phi) is 5.96. The van der Waals surface area contributed by atoms with Gasteiger partial charge in [-0.05, 0) is 62.2 Å². The van der Waals surface area contributed by atoms with Crippen LogP contribution in [0, 0.1) is 0 Å². The van der Waals surface area contributed by atoms with Gasteiger partial charge in [-0.25, -0.2) is 9.67 Å². The molecule has 2 aromatic heterocycles. The second-order valence-corrected chi connectivity index (χ2v) is 6.69. The van der Waals surface area contributed by atoms with Crippen molar-refractivity contribution >= 4 is 0 Å². The molecule has 2 heterocycles. The molecule has 1 unspecified atom stereocenters. The van der Waals surface area contributed by atoms with Crippen molar-refractivity contribution < 1.29 is 19.7 Å². The summed E-state index contributed by atoms with van der Waals surface area (Å²) in [5, 5.41) is 24.7. The quantitative estimate of drug-likeness (QED) is 0.622. The van der Waals surface area contributed by atoms with E-state index in [4.69, 9.17) is 14.6 Å². The van der Waals surface area contributed by atoms with Crippen molar-refractivity contribution in [3.63, 3.8) is 0 Å². The Morgan fingerprint density at radius 3 is 2.50 bits per heavy atom. The largest absolute Gasteiger partial charge is 0.497 e. The number of hydrogen-bond donors (Lipinski definition) is 2. The van der Waals surface area contributed by atoms with Crippen LogP contribution in [0.3, 0.4) is 0 Å². The summed E-state index contributed by atoms with van der Waals surface area (Å²) in [6, 6.07) is 13.0. The van der Waals surface area contributed by atoms with E-state index in [9.17, 15) is 5.11 Å². The van der Waals surface area contributed by atoms with Crippen LogP contribution in [-0.4, -0.2) is 45.8 Å². The maximum Gasteiger partial charge on any atom is 0.222 e. The molecule has 3 aromatic rings. The number of nitrogens with zero attached hydrogens (tertiary/aromatic N) is 3. The van der Waals surface area contributed by atoms with Crippen molar-refractivity contribution in [2.75, 3.05) is 20.8 Å². The Morgan fingerprint density at radius 2 is 1.86 bits per heavy atom. The number of pyridine rings is 1. The van der Waals surface area contributed by atoms with Crippen LogP contribution >= 0.6 is 0 Å². The van der Waals surface area contributed by atoms with Gasteiger partial charge in [-0.2, -0.15) is 5.10 Å². The van der Waals surface area contributed by atoms with Gasteiger partial charge in [0.15, 0.2) is 0 Å². The molecule has 1 atom stereocenters. The molecule has 7 heteroatoms. The Balaban J connectivity index is 2.15. The maximum absolute atomic E-state index is 10.9. The van der Waals surface area contributed by atoms with Crippen molar-refractivity contribution in [1.82, 2.24) is 14.8 Å². The third-order valence-corrected chi connectivity index (χ3v) is 4.64. The molecule has 0 amide bonds. The summed E-state index contributed by atoms with van der Waals surface area (Å²) in [5.41, 5.74) is 1.65. The number of benzene rings is 1. The predicted molar refractivity (Wildman–Crippen MR) is 106 cm³/mol. The van der Waals surface area contributed by atoms with Gasteiger partial charge in [0.2, 0.25) is 5.88 Å². The number of hydrogen-bond acceptors (Lipinski definition) is 6. The Labute approximate surface area is 164 Å². The van der Waals surface area contributed by atoms with Gasteiger partial charge in [0.05, 0.1) is 36.9 Å². The molecule has 0 aliphatic heterocycles. The number of aliphatic hydroxyl groups excluding tert-OH is 1. The topological polar surface area (TPSA) is 89.6 Å². The monoisotopic (exact) mass is 383 g/mol. The summed E-state index contributed by atoms with van der Waals surface area (Å²) in [7, 11) is 3.18. The fraction of sp³-hybridized carbons (Fsp3) is 0.333. The molecule has 1 aromatic carbocycles. The van der Waals surface area contributed by atoms with Gasteiger partial charge in [0.1, 0.15) is 11.4 Å². The van der Waals surface area contributed by atoms with Crippen LogP contribution in [0.1, 0.15) is 25.5 Å². The van der Waals surface area contributed by atoms with E-state index in [1.165, 1.54) is 0 Å². The third kappa shape index (κ3) is 4.00. The summed E-state index contributed by atoms with van der Waals surface area (Å²) < 4.78 is 12.4. The number of rotatable bonds is 8. The molecule has 2 N–H and O–H groups in total. The molecule has 3 rings (SSSR count). The van der Waals surface area contributed by atoms with Crippen LogP contribution in [0.5, 0.6) is 11.6 Å². The van der Waals surface area contributed by atoms with E-state index >= 15 is 0 Å². The summed E-state index contributed by atoms with van der Waals surface area (Å²) in [6.45, 7) is 1.71. The Morgan fingerprint density at radius 1 is 1.11 bits per heavy atom. The minimum Gasteiger partial charge on any atom is -0.497 e. The highest BCUT2D eigenvalue weighted by atomic mass is 16.5. The first kappa shape index (κ1) is 19.9. The van der Waals surface area contributed by atoms with E-state index in [-0.39, 0.29) is 6.61 Å². The molecule has 0 fully saturated rings. The highest BCUT2D eigenvalue weighted by molar-refractivity contribution is 5.68. The van der Waals surface area contributed by atoms with Crippen LogP contribution in [0.25, 0.3) is 16.9 Å². The van der Waals surface area contributed by atoms with Gasteiger partial charge in [0.25, 0.3) is 0 Å². The first-order valence-electron chi connectivity index (χ1n) is 9.07. The molecule has 0 aliphatic carbocycles. The third-order valence-electron chi connectivity index (χ3n) is 4.64. The van der Waals surface area contributed by atoms with E-state index in [1.54, 1.807) is 32.0 Å². The second kappa shape index (κ2) is 8.41. The van der Waals surface area contributed by atoms with Crippen LogP contribution in [0.4, 0.5) is 0 Å². The maximum atomic E-state index is 10.9. The standard InChI is InChI=1S/C21H25N3O4/c1-21(26,11-5-13-25)19-14-18(17-6-4-12-22-20(17)28-3)24(23-19)15-7-9-16(27-2)10-8-15/h4,6-10,12,14,25-26H,5,11,13H2,1-3H3. The number of aromatic nitrogens is 3. The Hall–Kier alpha value is -2.90. The molecular formula is C21H25N3O4. The zero-order chi connectivity index (χ0) is 20.1. The number of methoxy groups -OCH3 is 2. The average Bonchev–Trinajstić information content (AvgIpc) is 3.18. The fourth-order valence-corrected chi connectivity index (χ4v) is 3.06. The first-order chi connectivity index (χ1) is 13.5. The zero-order valence-electron chi connectivity index (χ0n) is 16.3. The van der Waals surface area contributed by atoms with Crippen LogP contribution in [0.15, 0.2) is 48.7 Å². The van der Waals surface area contributed by atoms with Gasteiger partial charge < -0.3 is 19.7 Å². The number of ether oxygens (including phenoxy) is 2. The lowest BCUT2D eigenvalue weighted by Gasteiger charge is -2.20. The lowest BCUT2D eigenvalue weighted by atomic mass is 9.96. The first-order valence-corrected chi connectivity index (χ1v) is 9.07. The zero-order valence-corrected chi connectivity index (χ0v) is 16.3. The van der Waals surface area contributed by atoms with Crippen molar-refractivity contribution in [2.45, 2.75) is 25.4 Å². The van der Waals surface area contributed by atoms with Gasteiger partial charge in [-0.15, -0.1) is 0 Å². The lowest BCUT2D eigenvalue weighted by molar-refractivity contribution is 0.0357. The highest BCUT2D eigenvalue weighted by Crippen LogP contribution is 2.34. The van der Waals surface area contributed by atoms with Crippen LogP contribution in [0.2, 0.25) is 0 Å². The van der Waals surface area contributed by atoms with E-state index in [2.05, 4.69) is 10.1 Å². The number of aliphatic hydroxyl groups is 2. The van der Waals surface area contributed by atoms with Gasteiger partial charge in [-0.3, -0.25) is 0 Å². The summed E-state index contributed by atoms with van der Waals surface area (Å²) in [5.74, 6) is 1.21. The molecular weight excluding hydrogens is 358 g/mol. The smallest absolute Gasteiger partial charge is 0.222 e. The summed E-state index contributed by atoms with van der Waals surface area (Å²) in [6.07, 6.45) is 2.54. The van der Waals surface area contributed by atoms with Crippen molar-refractivity contribution in [3.05, 3.63) is 54.4 Å². The normalized spacial score (nSPS) is 13.2. The molecule has 0 aliphatic rings.